The van der Waals surface area contributed by atoms with Gasteiger partial charge in [-0.25, -0.2) is 4.79 Å². The minimum Gasteiger partial charge on any atom is -0.462 e. The molecule has 0 N–H and O–H groups in total. The summed E-state index contributed by atoms with van der Waals surface area (Å²) in [5, 5.41) is 0. The maximum absolute atomic E-state index is 11.9. The highest BCUT2D eigenvalue weighted by atomic mass is 19.4. The van der Waals surface area contributed by atoms with E-state index in [0.717, 1.165) is 0 Å². The molecule has 0 spiro atoms. The van der Waals surface area contributed by atoms with Crippen LogP contribution in [0.2, 0.25) is 0 Å². The molecule has 1 rings (SSSR count). The van der Waals surface area contributed by atoms with E-state index in [0.29, 0.717) is 19.3 Å². The van der Waals surface area contributed by atoms with Gasteiger partial charge in [0.1, 0.15) is 6.10 Å². The normalized spacial score (nSPS) is 22.1. The van der Waals surface area contributed by atoms with Crippen molar-refractivity contribution < 1.29 is 32.2 Å². The van der Waals surface area contributed by atoms with E-state index in [9.17, 15) is 22.8 Å². The van der Waals surface area contributed by atoms with Crippen LogP contribution in [0.4, 0.5) is 13.2 Å². The Bertz CT molecular complexity index is 300. The summed E-state index contributed by atoms with van der Waals surface area (Å²) in [6.45, 7) is 1.38. The van der Waals surface area contributed by atoms with Gasteiger partial charge in [-0.15, -0.1) is 0 Å². The molecule has 0 aliphatic carbocycles. The lowest BCUT2D eigenvalue weighted by atomic mass is 10.1. The van der Waals surface area contributed by atoms with Gasteiger partial charge in [-0.05, 0) is 26.2 Å². The van der Waals surface area contributed by atoms with Crippen LogP contribution < -0.4 is 0 Å². The summed E-state index contributed by atoms with van der Waals surface area (Å²) >= 11 is 0. The molecule has 1 fully saturated rings. The summed E-state index contributed by atoms with van der Waals surface area (Å²) in [7, 11) is 0. The summed E-state index contributed by atoms with van der Waals surface area (Å²) in [5.41, 5.74) is 0. The van der Waals surface area contributed by atoms with Gasteiger partial charge in [0.25, 0.3) is 0 Å². The first-order valence-electron chi connectivity index (χ1n) is 5.26. The van der Waals surface area contributed by atoms with Crippen LogP contribution in [0.25, 0.3) is 0 Å². The minimum absolute atomic E-state index is 0.236. The van der Waals surface area contributed by atoms with E-state index in [1.54, 1.807) is 0 Å². The van der Waals surface area contributed by atoms with Crippen molar-refractivity contribution in [3.63, 3.8) is 0 Å². The minimum atomic E-state index is -4.96. The largest absolute Gasteiger partial charge is 0.490 e. The zero-order valence-corrected chi connectivity index (χ0v) is 9.25. The van der Waals surface area contributed by atoms with Crippen LogP contribution in [0, 0.1) is 0 Å². The third-order valence-electron chi connectivity index (χ3n) is 2.40. The van der Waals surface area contributed by atoms with Crippen molar-refractivity contribution in [2.75, 3.05) is 0 Å². The van der Waals surface area contributed by atoms with Crippen molar-refractivity contribution in [3.05, 3.63) is 0 Å². The first-order valence-corrected chi connectivity index (χ1v) is 5.26. The molecule has 1 aliphatic rings. The lowest BCUT2D eigenvalue weighted by Crippen LogP contribution is -2.29. The molecule has 2 unspecified atom stereocenters. The van der Waals surface area contributed by atoms with E-state index >= 15 is 0 Å². The van der Waals surface area contributed by atoms with E-state index in [4.69, 9.17) is 4.74 Å². The molecule has 0 saturated carbocycles. The molecular weight excluding hydrogens is 241 g/mol. The second-order valence-corrected chi connectivity index (χ2v) is 3.94. The number of alkyl halides is 3. The number of carbonyl (C=O) groups excluding carboxylic acids is 2. The van der Waals surface area contributed by atoms with Crippen molar-refractivity contribution in [1.29, 1.82) is 0 Å². The van der Waals surface area contributed by atoms with Crippen LogP contribution in [0.5, 0.6) is 0 Å². The Morgan fingerprint density at radius 2 is 2.24 bits per heavy atom. The second-order valence-electron chi connectivity index (χ2n) is 3.94. The van der Waals surface area contributed by atoms with Crippen LogP contribution in [0.3, 0.4) is 0 Å². The van der Waals surface area contributed by atoms with Gasteiger partial charge in [-0.2, -0.15) is 13.2 Å². The molecule has 0 radical (unpaired) electrons. The first-order chi connectivity index (χ1) is 7.79. The zero-order chi connectivity index (χ0) is 13.1. The Morgan fingerprint density at radius 3 is 2.71 bits per heavy atom. The molecule has 17 heavy (non-hydrogen) atoms. The van der Waals surface area contributed by atoms with E-state index in [1.165, 1.54) is 6.92 Å². The van der Waals surface area contributed by atoms with Crippen LogP contribution in [-0.2, 0) is 19.1 Å². The van der Waals surface area contributed by atoms with Gasteiger partial charge in [0.2, 0.25) is 0 Å². The predicted octanol–water partition coefficient (Wildman–Crippen LogP) is 1.97. The number of rotatable bonds is 4. The van der Waals surface area contributed by atoms with Gasteiger partial charge >= 0.3 is 18.1 Å². The fraction of sp³-hybridized carbons (Fsp3) is 0.800. The number of esters is 2. The van der Waals surface area contributed by atoms with Gasteiger partial charge in [0.05, 0.1) is 6.10 Å². The van der Waals surface area contributed by atoms with Gasteiger partial charge in [0.15, 0.2) is 0 Å². The maximum Gasteiger partial charge on any atom is 0.490 e. The highest BCUT2D eigenvalue weighted by Gasteiger charge is 2.41. The van der Waals surface area contributed by atoms with Crippen molar-refractivity contribution in [2.24, 2.45) is 0 Å². The molecule has 1 heterocycles. The lowest BCUT2D eigenvalue weighted by Gasteiger charge is -2.16. The van der Waals surface area contributed by atoms with Crippen LogP contribution in [0.15, 0.2) is 0 Å². The molecule has 4 nitrogen and oxygen atoms in total. The number of carbonyl (C=O) groups is 2. The summed E-state index contributed by atoms with van der Waals surface area (Å²) in [6, 6.07) is 0. The molecule has 0 aromatic heterocycles. The predicted molar refractivity (Wildman–Crippen MR) is 50.0 cm³/mol. The number of cyclic esters (lactones) is 1. The Hall–Kier alpha value is -1.27. The van der Waals surface area contributed by atoms with E-state index in [2.05, 4.69) is 4.74 Å². The molecule has 0 aromatic rings. The topological polar surface area (TPSA) is 52.6 Å². The standard InChI is InChI=1S/C10H13F3O4/c1-6(16-9(15)10(11,12)13)2-3-7-4-5-8(14)17-7/h6-7H,2-5H2,1H3. The monoisotopic (exact) mass is 254 g/mol. The van der Waals surface area contributed by atoms with Crippen molar-refractivity contribution in [3.8, 4) is 0 Å². The first kappa shape index (κ1) is 13.8. The van der Waals surface area contributed by atoms with Gasteiger partial charge in [0, 0.05) is 6.42 Å². The molecule has 98 valence electrons. The summed E-state index contributed by atoms with van der Waals surface area (Å²) in [6.07, 6.45) is -4.54. The van der Waals surface area contributed by atoms with Crippen molar-refractivity contribution in [2.45, 2.75) is 51.0 Å². The van der Waals surface area contributed by atoms with E-state index in [-0.39, 0.29) is 18.5 Å². The third-order valence-corrected chi connectivity index (χ3v) is 2.40. The van der Waals surface area contributed by atoms with Crippen LogP contribution >= 0.6 is 0 Å². The number of halogens is 3. The lowest BCUT2D eigenvalue weighted by molar-refractivity contribution is -0.204. The molecule has 0 aromatic carbocycles. The van der Waals surface area contributed by atoms with Crippen molar-refractivity contribution >= 4 is 11.9 Å². The third kappa shape index (κ3) is 4.62. The maximum atomic E-state index is 11.9. The smallest absolute Gasteiger partial charge is 0.462 e. The summed E-state index contributed by atoms with van der Waals surface area (Å²) in [5.74, 6) is -2.48. The molecule has 1 saturated heterocycles. The SMILES string of the molecule is CC(CCC1CCC(=O)O1)OC(=O)C(F)(F)F. The number of hydrogen-bond donors (Lipinski definition) is 0. The molecule has 7 heteroatoms. The average molecular weight is 254 g/mol. The van der Waals surface area contributed by atoms with Gasteiger partial charge in [-0.1, -0.05) is 0 Å². The van der Waals surface area contributed by atoms with E-state index in [1.807, 2.05) is 0 Å². The number of hydrogen-bond acceptors (Lipinski definition) is 4. The van der Waals surface area contributed by atoms with Gasteiger partial charge in [-0.3, -0.25) is 4.79 Å². The fourth-order valence-corrected chi connectivity index (χ4v) is 1.51. The Labute approximate surface area is 96.1 Å². The van der Waals surface area contributed by atoms with Crippen molar-refractivity contribution in [1.82, 2.24) is 0 Å². The Morgan fingerprint density at radius 1 is 1.59 bits per heavy atom. The van der Waals surface area contributed by atoms with Crippen LogP contribution in [0.1, 0.15) is 32.6 Å². The van der Waals surface area contributed by atoms with Gasteiger partial charge < -0.3 is 9.47 Å². The van der Waals surface area contributed by atoms with Crippen LogP contribution in [-0.4, -0.2) is 30.3 Å². The van der Waals surface area contributed by atoms with E-state index < -0.39 is 18.2 Å². The highest BCUT2D eigenvalue weighted by Crippen LogP contribution is 2.22. The molecule has 0 bridgehead atoms. The summed E-state index contributed by atoms with van der Waals surface area (Å²) < 4.78 is 44.7. The molecule has 2 atom stereocenters. The zero-order valence-electron chi connectivity index (χ0n) is 9.25. The Kier molecular flexibility index (Phi) is 4.36. The molecule has 1 aliphatic heterocycles. The highest BCUT2D eigenvalue weighted by molar-refractivity contribution is 5.75. The number of ether oxygens (including phenoxy) is 2. The Balaban J connectivity index is 2.23. The summed E-state index contributed by atoms with van der Waals surface area (Å²) in [4.78, 5) is 21.2. The quantitative estimate of drug-likeness (QED) is 0.720. The average Bonchev–Trinajstić information content (AvgIpc) is 2.60. The second kappa shape index (κ2) is 5.37. The molecule has 0 amide bonds. The molecular formula is C10H13F3O4. The fourth-order valence-electron chi connectivity index (χ4n) is 1.51.